The van der Waals surface area contributed by atoms with E-state index in [1.54, 1.807) is 0 Å². The molecule has 100 valence electrons. The van der Waals surface area contributed by atoms with Gasteiger partial charge in [0.25, 0.3) is 0 Å². The molecule has 0 saturated carbocycles. The number of amides is 2. The summed E-state index contributed by atoms with van der Waals surface area (Å²) in [6.45, 7) is -0.258. The van der Waals surface area contributed by atoms with Crippen LogP contribution in [0.3, 0.4) is 0 Å². The Bertz CT molecular complexity index is 411. The van der Waals surface area contributed by atoms with Crippen LogP contribution in [0, 0.1) is 5.82 Å². The molecule has 1 aromatic rings. The van der Waals surface area contributed by atoms with Crippen LogP contribution in [0.4, 0.5) is 14.9 Å². The van der Waals surface area contributed by atoms with E-state index in [1.807, 2.05) is 0 Å². The molecule has 0 aliphatic carbocycles. The molecule has 2 amide bonds. The zero-order valence-corrected chi connectivity index (χ0v) is 10.3. The van der Waals surface area contributed by atoms with Gasteiger partial charge in [0.2, 0.25) is 0 Å². The van der Waals surface area contributed by atoms with Crippen molar-refractivity contribution in [2.75, 3.05) is 31.6 Å². The van der Waals surface area contributed by atoms with E-state index in [2.05, 4.69) is 5.32 Å². The molecule has 0 radical (unpaired) electrons. The zero-order valence-electron chi connectivity index (χ0n) is 9.57. The van der Waals surface area contributed by atoms with Gasteiger partial charge in [0.1, 0.15) is 5.82 Å². The third-order valence-electron chi connectivity index (χ3n) is 2.20. The molecule has 0 spiro atoms. The first-order chi connectivity index (χ1) is 8.58. The molecule has 0 fully saturated rings. The number of nitrogens with one attached hydrogen (secondary N) is 1. The van der Waals surface area contributed by atoms with Crippen molar-refractivity contribution >= 4 is 23.3 Å². The standard InChI is InChI=1S/C11H14ClFN2O3/c12-9-7-8(13)1-2-10(9)14-11(18)15(3-5-16)4-6-17/h1-2,7,16-17H,3-6H2,(H,14,18). The van der Waals surface area contributed by atoms with E-state index >= 15 is 0 Å². The summed E-state index contributed by atoms with van der Waals surface area (Å²) in [5.74, 6) is -0.499. The van der Waals surface area contributed by atoms with Crippen LogP contribution in [0.25, 0.3) is 0 Å². The zero-order chi connectivity index (χ0) is 13.5. The minimum Gasteiger partial charge on any atom is -0.395 e. The van der Waals surface area contributed by atoms with E-state index in [9.17, 15) is 9.18 Å². The first kappa shape index (κ1) is 14.7. The van der Waals surface area contributed by atoms with Gasteiger partial charge in [0, 0.05) is 13.1 Å². The average molecular weight is 277 g/mol. The van der Waals surface area contributed by atoms with Crippen molar-refractivity contribution in [1.82, 2.24) is 4.90 Å². The number of anilines is 1. The Morgan fingerprint density at radius 3 is 2.44 bits per heavy atom. The van der Waals surface area contributed by atoms with Crippen LogP contribution in [0.5, 0.6) is 0 Å². The Morgan fingerprint density at radius 1 is 1.33 bits per heavy atom. The molecule has 1 rings (SSSR count). The summed E-state index contributed by atoms with van der Waals surface area (Å²) in [6.07, 6.45) is 0. The molecule has 0 unspecified atom stereocenters. The number of benzene rings is 1. The van der Waals surface area contributed by atoms with Gasteiger partial charge >= 0.3 is 6.03 Å². The second-order valence-electron chi connectivity index (χ2n) is 3.49. The average Bonchev–Trinajstić information content (AvgIpc) is 2.32. The highest BCUT2D eigenvalue weighted by Gasteiger charge is 2.13. The Hall–Kier alpha value is -1.37. The number of aliphatic hydroxyl groups is 2. The van der Waals surface area contributed by atoms with E-state index in [4.69, 9.17) is 21.8 Å². The predicted octanol–water partition coefficient (Wildman–Crippen LogP) is 1.30. The molecule has 0 bridgehead atoms. The van der Waals surface area contributed by atoms with Gasteiger partial charge in [-0.05, 0) is 18.2 Å². The van der Waals surface area contributed by atoms with Crippen molar-refractivity contribution in [2.45, 2.75) is 0 Å². The summed E-state index contributed by atoms with van der Waals surface area (Å²) >= 11 is 5.76. The largest absolute Gasteiger partial charge is 0.395 e. The smallest absolute Gasteiger partial charge is 0.322 e. The molecule has 0 heterocycles. The Morgan fingerprint density at radius 2 is 1.94 bits per heavy atom. The lowest BCUT2D eigenvalue weighted by Crippen LogP contribution is -2.39. The Kier molecular flexibility index (Phi) is 5.84. The van der Waals surface area contributed by atoms with Gasteiger partial charge in [-0.3, -0.25) is 0 Å². The lowest BCUT2D eigenvalue weighted by Gasteiger charge is -2.21. The SMILES string of the molecule is O=C(Nc1ccc(F)cc1Cl)N(CCO)CCO. The highest BCUT2D eigenvalue weighted by atomic mass is 35.5. The van der Waals surface area contributed by atoms with E-state index in [0.717, 1.165) is 6.07 Å². The van der Waals surface area contributed by atoms with E-state index < -0.39 is 11.8 Å². The first-order valence-electron chi connectivity index (χ1n) is 5.31. The third kappa shape index (κ3) is 4.14. The first-order valence-corrected chi connectivity index (χ1v) is 5.69. The second kappa shape index (κ2) is 7.15. The molecule has 0 aliphatic rings. The maximum Gasteiger partial charge on any atom is 0.322 e. The number of urea groups is 1. The highest BCUT2D eigenvalue weighted by molar-refractivity contribution is 6.33. The number of carbonyl (C=O) groups is 1. The summed E-state index contributed by atoms with van der Waals surface area (Å²) in [7, 11) is 0. The number of hydrogen-bond donors (Lipinski definition) is 3. The van der Waals surface area contributed by atoms with E-state index in [0.29, 0.717) is 0 Å². The number of carbonyl (C=O) groups excluding carboxylic acids is 1. The van der Waals surface area contributed by atoms with Crippen molar-refractivity contribution < 1.29 is 19.4 Å². The molecular formula is C11H14ClFN2O3. The van der Waals surface area contributed by atoms with Gasteiger partial charge in [-0.2, -0.15) is 0 Å². The molecule has 0 aliphatic heterocycles. The van der Waals surface area contributed by atoms with Gasteiger partial charge in [-0.15, -0.1) is 0 Å². The maximum absolute atomic E-state index is 12.8. The number of rotatable bonds is 5. The van der Waals surface area contributed by atoms with Crippen molar-refractivity contribution in [2.24, 2.45) is 0 Å². The molecule has 0 aromatic heterocycles. The fourth-order valence-electron chi connectivity index (χ4n) is 1.34. The Labute approximate surface area is 109 Å². The monoisotopic (exact) mass is 276 g/mol. The van der Waals surface area contributed by atoms with Crippen LogP contribution in [-0.2, 0) is 0 Å². The molecule has 7 heteroatoms. The normalized spacial score (nSPS) is 10.2. The lowest BCUT2D eigenvalue weighted by molar-refractivity contribution is 0.167. The lowest BCUT2D eigenvalue weighted by atomic mass is 10.3. The number of nitrogens with zero attached hydrogens (tertiary/aromatic N) is 1. The Balaban J connectivity index is 2.72. The summed E-state index contributed by atoms with van der Waals surface area (Å²) in [4.78, 5) is 13.0. The fraction of sp³-hybridized carbons (Fsp3) is 0.364. The topological polar surface area (TPSA) is 72.8 Å². The number of hydrogen-bond acceptors (Lipinski definition) is 3. The van der Waals surface area contributed by atoms with Crippen LogP contribution < -0.4 is 5.32 Å². The summed E-state index contributed by atoms with van der Waals surface area (Å²) in [6, 6.07) is 3.07. The molecule has 18 heavy (non-hydrogen) atoms. The number of halogens is 2. The van der Waals surface area contributed by atoms with Crippen molar-refractivity contribution in [1.29, 1.82) is 0 Å². The van der Waals surface area contributed by atoms with Gasteiger partial charge in [-0.25, -0.2) is 9.18 Å². The molecule has 0 saturated heterocycles. The van der Waals surface area contributed by atoms with Crippen molar-refractivity contribution in [3.05, 3.63) is 29.0 Å². The van der Waals surface area contributed by atoms with Crippen LogP contribution in [0.2, 0.25) is 5.02 Å². The molecule has 5 nitrogen and oxygen atoms in total. The minimum atomic E-state index is -0.522. The van der Waals surface area contributed by atoms with Gasteiger partial charge in [0.05, 0.1) is 23.9 Å². The number of aliphatic hydroxyl groups excluding tert-OH is 2. The minimum absolute atomic E-state index is 0.0799. The van der Waals surface area contributed by atoms with Crippen LogP contribution >= 0.6 is 11.6 Å². The van der Waals surface area contributed by atoms with Crippen molar-refractivity contribution in [3.63, 3.8) is 0 Å². The highest BCUT2D eigenvalue weighted by Crippen LogP contribution is 2.22. The molecule has 3 N–H and O–H groups in total. The van der Waals surface area contributed by atoms with E-state index in [-0.39, 0.29) is 37.0 Å². The molecular weight excluding hydrogens is 263 g/mol. The van der Waals surface area contributed by atoms with Gasteiger partial charge in [-0.1, -0.05) is 11.6 Å². The third-order valence-corrected chi connectivity index (χ3v) is 2.51. The van der Waals surface area contributed by atoms with Crippen molar-refractivity contribution in [3.8, 4) is 0 Å². The summed E-state index contributed by atoms with van der Waals surface area (Å²) < 4.78 is 12.8. The summed E-state index contributed by atoms with van der Waals surface area (Å²) in [5.41, 5.74) is 0.268. The van der Waals surface area contributed by atoms with Crippen LogP contribution in [0.1, 0.15) is 0 Å². The van der Waals surface area contributed by atoms with Crippen LogP contribution in [0.15, 0.2) is 18.2 Å². The molecule has 1 aromatic carbocycles. The maximum atomic E-state index is 12.8. The summed E-state index contributed by atoms with van der Waals surface area (Å²) in [5, 5.41) is 20.1. The quantitative estimate of drug-likeness (QED) is 0.759. The van der Waals surface area contributed by atoms with E-state index in [1.165, 1.54) is 17.0 Å². The molecule has 0 atom stereocenters. The van der Waals surface area contributed by atoms with Gasteiger partial charge < -0.3 is 20.4 Å². The fourth-order valence-corrected chi connectivity index (χ4v) is 1.56. The predicted molar refractivity (Wildman–Crippen MR) is 66.2 cm³/mol. The second-order valence-corrected chi connectivity index (χ2v) is 3.90. The van der Waals surface area contributed by atoms with Gasteiger partial charge in [0.15, 0.2) is 0 Å². The van der Waals surface area contributed by atoms with Crippen LogP contribution in [-0.4, -0.2) is 47.4 Å².